The largest absolute Gasteiger partial charge is 0.322 e. The number of hydrogen-bond acceptors (Lipinski definition) is 2. The van der Waals surface area contributed by atoms with E-state index < -0.39 is 5.91 Å². The molecule has 4 aromatic rings. The van der Waals surface area contributed by atoms with Gasteiger partial charge in [-0.3, -0.25) is 9.59 Å². The summed E-state index contributed by atoms with van der Waals surface area (Å²) in [6, 6.07) is 28.0. The van der Waals surface area contributed by atoms with Crippen LogP contribution in [-0.2, 0) is 13.0 Å². The number of para-hydroxylation sites is 1. The lowest BCUT2D eigenvalue weighted by Gasteiger charge is -2.23. The molecule has 0 atom stereocenters. The Morgan fingerprint density at radius 2 is 1.32 bits per heavy atom. The molecule has 4 nitrogen and oxygen atoms in total. The van der Waals surface area contributed by atoms with Crippen LogP contribution < -0.4 is 10.2 Å². The van der Waals surface area contributed by atoms with Crippen molar-refractivity contribution in [1.29, 1.82) is 0 Å². The second-order valence-corrected chi connectivity index (χ2v) is 8.91. The van der Waals surface area contributed by atoms with Gasteiger partial charge in [0.1, 0.15) is 0 Å². The summed E-state index contributed by atoms with van der Waals surface area (Å²) in [4.78, 5) is 28.0. The highest BCUT2D eigenvalue weighted by molar-refractivity contribution is 6.40. The van der Waals surface area contributed by atoms with Gasteiger partial charge < -0.3 is 10.2 Å². The van der Waals surface area contributed by atoms with E-state index in [0.29, 0.717) is 17.8 Å². The number of carbonyl (C=O) groups is 2. The quantitative estimate of drug-likeness (QED) is 0.338. The summed E-state index contributed by atoms with van der Waals surface area (Å²) >= 11 is 12.3. The first kappa shape index (κ1) is 22.2. The average Bonchev–Trinajstić information content (AvgIpc) is 3.01. The predicted molar refractivity (Wildman–Crippen MR) is 137 cm³/mol. The minimum atomic E-state index is -0.410. The zero-order valence-corrected chi connectivity index (χ0v) is 19.6. The molecule has 0 saturated heterocycles. The van der Waals surface area contributed by atoms with E-state index in [1.807, 2.05) is 35.2 Å². The molecule has 1 heterocycles. The monoisotopic (exact) mass is 486 g/mol. The molecule has 0 radical (unpaired) electrons. The second kappa shape index (κ2) is 9.34. The van der Waals surface area contributed by atoms with E-state index in [-0.39, 0.29) is 21.5 Å². The van der Waals surface area contributed by atoms with Crippen molar-refractivity contribution in [3.8, 4) is 0 Å². The van der Waals surface area contributed by atoms with Crippen LogP contribution in [0.5, 0.6) is 0 Å². The molecule has 0 spiro atoms. The van der Waals surface area contributed by atoms with E-state index in [4.69, 9.17) is 23.2 Å². The molecule has 0 unspecified atom stereocenters. The fourth-order valence-corrected chi connectivity index (χ4v) is 4.78. The van der Waals surface area contributed by atoms with Gasteiger partial charge in [0.2, 0.25) is 0 Å². The Balaban J connectivity index is 1.40. The van der Waals surface area contributed by atoms with Crippen LogP contribution in [0, 0.1) is 0 Å². The normalized spacial score (nSPS) is 12.4. The predicted octanol–water partition coefficient (Wildman–Crippen LogP) is 7.00. The number of nitrogens with one attached hydrogen (secondary N) is 1. The number of anilines is 2. The molecule has 168 valence electrons. The summed E-state index contributed by atoms with van der Waals surface area (Å²) < 4.78 is 0. The van der Waals surface area contributed by atoms with E-state index >= 15 is 0 Å². The summed E-state index contributed by atoms with van der Waals surface area (Å²) in [7, 11) is 0. The number of rotatable bonds is 3. The van der Waals surface area contributed by atoms with Crippen LogP contribution in [-0.4, -0.2) is 11.8 Å². The second-order valence-electron chi connectivity index (χ2n) is 8.09. The Kier molecular flexibility index (Phi) is 6.10. The third kappa shape index (κ3) is 4.30. The first-order chi connectivity index (χ1) is 16.5. The minimum absolute atomic E-state index is 0.101. The van der Waals surface area contributed by atoms with E-state index in [1.165, 1.54) is 5.56 Å². The Bertz CT molecular complexity index is 1380. The number of halogens is 2. The van der Waals surface area contributed by atoms with Crippen molar-refractivity contribution in [1.82, 2.24) is 0 Å². The average molecular weight is 487 g/mol. The lowest BCUT2D eigenvalue weighted by atomic mass is 10.0. The third-order valence-electron chi connectivity index (χ3n) is 5.93. The fourth-order valence-electron chi connectivity index (χ4n) is 4.21. The van der Waals surface area contributed by atoms with Gasteiger partial charge >= 0.3 is 0 Å². The van der Waals surface area contributed by atoms with Crippen molar-refractivity contribution in [2.45, 2.75) is 13.0 Å². The van der Waals surface area contributed by atoms with Gasteiger partial charge in [-0.2, -0.15) is 0 Å². The molecule has 6 heteroatoms. The van der Waals surface area contributed by atoms with Crippen molar-refractivity contribution in [2.24, 2.45) is 0 Å². The molecule has 1 aliphatic heterocycles. The topological polar surface area (TPSA) is 49.4 Å². The van der Waals surface area contributed by atoms with Crippen LogP contribution in [0.15, 0.2) is 91.0 Å². The molecule has 0 bridgehead atoms. The third-order valence-corrected chi connectivity index (χ3v) is 6.56. The zero-order chi connectivity index (χ0) is 23.7. The molecule has 34 heavy (non-hydrogen) atoms. The number of amides is 2. The number of nitrogens with zero attached hydrogens (tertiary/aromatic N) is 1. The minimum Gasteiger partial charge on any atom is -0.322 e. The Labute approximate surface area is 207 Å². The number of fused-ring (bicyclic) bond motifs is 2. The van der Waals surface area contributed by atoms with Crippen LogP contribution >= 0.6 is 23.2 Å². The molecule has 0 aliphatic carbocycles. The maximum Gasteiger partial charge on any atom is 0.258 e. The highest BCUT2D eigenvalue weighted by Crippen LogP contribution is 2.32. The highest BCUT2D eigenvalue weighted by atomic mass is 35.5. The van der Waals surface area contributed by atoms with E-state index in [9.17, 15) is 9.59 Å². The van der Waals surface area contributed by atoms with Crippen molar-refractivity contribution in [2.75, 3.05) is 10.2 Å². The van der Waals surface area contributed by atoms with Gasteiger partial charge in [0.05, 0.1) is 22.2 Å². The van der Waals surface area contributed by atoms with Gasteiger partial charge in [-0.05, 0) is 65.6 Å². The first-order valence-electron chi connectivity index (χ1n) is 10.8. The summed E-state index contributed by atoms with van der Waals surface area (Å²) in [6.07, 6.45) is 0.783. The Hall–Kier alpha value is -3.60. The molecule has 5 rings (SSSR count). The lowest BCUT2D eigenvalue weighted by Crippen LogP contribution is -2.30. The van der Waals surface area contributed by atoms with Gasteiger partial charge in [-0.1, -0.05) is 71.7 Å². The molecule has 0 aromatic heterocycles. The summed E-state index contributed by atoms with van der Waals surface area (Å²) in [5, 5.41) is 3.34. The molecule has 2 amide bonds. The standard InChI is InChI=1S/C28H20Cl2N2O2/c29-23-9-5-10-24(30)26(23)27(33)31-22-14-12-18(13-15-22)28(34)32-17-21-8-2-1-6-19(21)16-20-7-3-4-11-25(20)32/h1-15H,16-17H2,(H,31,33). The molecule has 0 fully saturated rings. The molecular weight excluding hydrogens is 467 g/mol. The summed E-state index contributed by atoms with van der Waals surface area (Å²) in [5.41, 5.74) is 5.66. The van der Waals surface area contributed by atoms with Gasteiger partial charge in [0, 0.05) is 16.9 Å². The van der Waals surface area contributed by atoms with Crippen molar-refractivity contribution < 1.29 is 9.59 Å². The maximum atomic E-state index is 13.6. The molecular formula is C28H20Cl2N2O2. The van der Waals surface area contributed by atoms with Crippen LogP contribution in [0.4, 0.5) is 11.4 Å². The van der Waals surface area contributed by atoms with Gasteiger partial charge in [0.15, 0.2) is 0 Å². The zero-order valence-electron chi connectivity index (χ0n) is 18.1. The Morgan fingerprint density at radius 1 is 0.706 bits per heavy atom. The lowest BCUT2D eigenvalue weighted by molar-refractivity contribution is 0.0984. The van der Waals surface area contributed by atoms with E-state index in [2.05, 4.69) is 23.5 Å². The number of hydrogen-bond donors (Lipinski definition) is 1. The van der Waals surface area contributed by atoms with Crippen molar-refractivity contribution >= 4 is 46.4 Å². The van der Waals surface area contributed by atoms with Crippen LogP contribution in [0.25, 0.3) is 0 Å². The van der Waals surface area contributed by atoms with Gasteiger partial charge in [-0.15, -0.1) is 0 Å². The molecule has 1 N–H and O–H groups in total. The molecule has 4 aromatic carbocycles. The summed E-state index contributed by atoms with van der Waals surface area (Å²) in [5.74, 6) is -0.510. The van der Waals surface area contributed by atoms with Crippen LogP contribution in [0.3, 0.4) is 0 Å². The number of carbonyl (C=O) groups excluding carboxylic acids is 2. The van der Waals surface area contributed by atoms with E-state index in [1.54, 1.807) is 42.5 Å². The van der Waals surface area contributed by atoms with Gasteiger partial charge in [0.25, 0.3) is 11.8 Å². The smallest absolute Gasteiger partial charge is 0.258 e. The summed E-state index contributed by atoms with van der Waals surface area (Å²) in [6.45, 7) is 0.496. The number of benzene rings is 4. The maximum absolute atomic E-state index is 13.6. The van der Waals surface area contributed by atoms with Crippen molar-refractivity contribution in [3.63, 3.8) is 0 Å². The highest BCUT2D eigenvalue weighted by Gasteiger charge is 2.25. The van der Waals surface area contributed by atoms with Crippen molar-refractivity contribution in [3.05, 3.63) is 129 Å². The van der Waals surface area contributed by atoms with Crippen LogP contribution in [0.2, 0.25) is 10.0 Å². The fraction of sp³-hybridized carbons (Fsp3) is 0.0714. The first-order valence-corrected chi connectivity index (χ1v) is 11.6. The van der Waals surface area contributed by atoms with Gasteiger partial charge in [-0.25, -0.2) is 0 Å². The SMILES string of the molecule is O=C(Nc1ccc(C(=O)N2Cc3ccccc3Cc3ccccc32)cc1)c1c(Cl)cccc1Cl. The Morgan fingerprint density at radius 3 is 2.03 bits per heavy atom. The van der Waals surface area contributed by atoms with Crippen LogP contribution in [0.1, 0.15) is 37.4 Å². The molecule has 1 aliphatic rings. The molecule has 0 saturated carbocycles. The van der Waals surface area contributed by atoms with E-state index in [0.717, 1.165) is 23.2 Å².